The molecule has 19 heavy (non-hydrogen) atoms. The second-order valence-electron chi connectivity index (χ2n) is 3.75. The van der Waals surface area contributed by atoms with Crippen LogP contribution in [0.1, 0.15) is 6.92 Å². The van der Waals surface area contributed by atoms with Crippen molar-refractivity contribution in [1.29, 1.82) is 0 Å². The van der Waals surface area contributed by atoms with Gasteiger partial charge in [-0.25, -0.2) is 9.07 Å². The summed E-state index contributed by atoms with van der Waals surface area (Å²) in [7, 11) is 0. The zero-order chi connectivity index (χ0) is 14.0. The highest BCUT2D eigenvalue weighted by Gasteiger charge is 2.09. The van der Waals surface area contributed by atoms with Crippen molar-refractivity contribution in [2.24, 2.45) is 0 Å². The Labute approximate surface area is 122 Å². The first-order valence-corrected chi connectivity index (χ1v) is 6.67. The van der Waals surface area contributed by atoms with E-state index < -0.39 is 5.82 Å². The van der Waals surface area contributed by atoms with Crippen molar-refractivity contribution >= 4 is 38.9 Å². The summed E-state index contributed by atoms with van der Waals surface area (Å²) < 4.78 is 14.7. The molecule has 0 spiro atoms. The fourth-order valence-electron chi connectivity index (χ4n) is 1.51. The van der Waals surface area contributed by atoms with Gasteiger partial charge in [0, 0.05) is 12.2 Å². The van der Waals surface area contributed by atoms with Crippen molar-refractivity contribution in [1.82, 2.24) is 9.78 Å². The van der Waals surface area contributed by atoms with Gasteiger partial charge < -0.3 is 5.32 Å². The van der Waals surface area contributed by atoms with E-state index in [1.165, 1.54) is 29.1 Å². The van der Waals surface area contributed by atoms with E-state index >= 15 is 0 Å². The molecular formula is C12H10BrClFN3O. The van der Waals surface area contributed by atoms with Crippen LogP contribution in [0.25, 0.3) is 0 Å². The van der Waals surface area contributed by atoms with E-state index in [1.807, 2.05) is 6.92 Å². The molecule has 2 aromatic rings. The molecule has 100 valence electrons. The van der Waals surface area contributed by atoms with Crippen LogP contribution in [0.4, 0.5) is 15.8 Å². The van der Waals surface area contributed by atoms with Crippen molar-refractivity contribution in [3.05, 3.63) is 50.1 Å². The number of halogens is 3. The first-order valence-electron chi connectivity index (χ1n) is 5.50. The predicted molar refractivity (Wildman–Crippen MR) is 76.6 cm³/mol. The summed E-state index contributed by atoms with van der Waals surface area (Å²) in [6.45, 7) is 2.31. The molecule has 0 saturated heterocycles. The van der Waals surface area contributed by atoms with E-state index in [9.17, 15) is 9.18 Å². The molecule has 1 aromatic carbocycles. The van der Waals surface area contributed by atoms with Gasteiger partial charge in [-0.05, 0) is 41.1 Å². The van der Waals surface area contributed by atoms with Gasteiger partial charge >= 0.3 is 0 Å². The first kappa shape index (κ1) is 14.0. The molecule has 0 bridgehead atoms. The summed E-state index contributed by atoms with van der Waals surface area (Å²) in [4.78, 5) is 11.9. The topological polar surface area (TPSA) is 46.9 Å². The number of hydrogen-bond donors (Lipinski definition) is 1. The monoisotopic (exact) mass is 345 g/mol. The van der Waals surface area contributed by atoms with Crippen molar-refractivity contribution in [2.75, 3.05) is 5.32 Å². The lowest BCUT2D eigenvalue weighted by molar-refractivity contribution is 0.613. The van der Waals surface area contributed by atoms with E-state index in [-0.39, 0.29) is 10.6 Å². The van der Waals surface area contributed by atoms with Crippen molar-refractivity contribution in [3.63, 3.8) is 0 Å². The maximum absolute atomic E-state index is 13.0. The lowest BCUT2D eigenvalue weighted by Gasteiger charge is -2.10. The molecule has 1 heterocycles. The van der Waals surface area contributed by atoms with Gasteiger partial charge in [-0.15, -0.1) is 0 Å². The van der Waals surface area contributed by atoms with Crippen LogP contribution in [0.2, 0.25) is 5.02 Å². The van der Waals surface area contributed by atoms with Crippen LogP contribution in [-0.2, 0) is 6.54 Å². The number of nitrogens with one attached hydrogen (secondary N) is 1. The van der Waals surface area contributed by atoms with Crippen LogP contribution in [-0.4, -0.2) is 9.78 Å². The van der Waals surface area contributed by atoms with E-state index in [1.54, 1.807) is 0 Å². The molecule has 4 nitrogen and oxygen atoms in total. The molecular weight excluding hydrogens is 337 g/mol. The Kier molecular flexibility index (Phi) is 4.21. The van der Waals surface area contributed by atoms with Gasteiger partial charge in [-0.1, -0.05) is 11.6 Å². The van der Waals surface area contributed by atoms with Crippen molar-refractivity contribution in [2.45, 2.75) is 13.5 Å². The third kappa shape index (κ3) is 2.96. The fraction of sp³-hybridized carbons (Fsp3) is 0.167. The quantitative estimate of drug-likeness (QED) is 0.924. The van der Waals surface area contributed by atoms with Crippen LogP contribution < -0.4 is 10.9 Å². The van der Waals surface area contributed by atoms with Crippen LogP contribution >= 0.6 is 27.5 Å². The zero-order valence-electron chi connectivity index (χ0n) is 9.95. The number of aromatic nitrogens is 2. The highest BCUT2D eigenvalue weighted by molar-refractivity contribution is 9.10. The Morgan fingerprint density at radius 2 is 2.26 bits per heavy atom. The summed E-state index contributed by atoms with van der Waals surface area (Å²) in [6.07, 6.45) is 1.52. The third-order valence-corrected chi connectivity index (χ3v) is 3.54. The minimum Gasteiger partial charge on any atom is -0.353 e. The largest absolute Gasteiger partial charge is 0.353 e. The number of hydrogen-bond acceptors (Lipinski definition) is 3. The van der Waals surface area contributed by atoms with Gasteiger partial charge in [0.2, 0.25) is 0 Å². The Balaban J connectivity index is 2.36. The van der Waals surface area contributed by atoms with Crippen LogP contribution in [0, 0.1) is 5.82 Å². The predicted octanol–water partition coefficient (Wildman–Crippen LogP) is 3.56. The fourth-order valence-corrected chi connectivity index (χ4v) is 2.09. The molecule has 1 N–H and O–H groups in total. The molecule has 0 unspecified atom stereocenters. The number of rotatable bonds is 3. The van der Waals surface area contributed by atoms with Crippen LogP contribution in [0.5, 0.6) is 0 Å². The van der Waals surface area contributed by atoms with Gasteiger partial charge in [-0.3, -0.25) is 4.79 Å². The van der Waals surface area contributed by atoms with Gasteiger partial charge in [0.25, 0.3) is 5.56 Å². The summed E-state index contributed by atoms with van der Waals surface area (Å²) in [5, 5.41) is 6.97. The molecule has 0 radical (unpaired) electrons. The molecule has 7 heteroatoms. The lowest BCUT2D eigenvalue weighted by Crippen LogP contribution is -2.23. The van der Waals surface area contributed by atoms with E-state index in [2.05, 4.69) is 26.3 Å². The molecule has 1 aromatic heterocycles. The van der Waals surface area contributed by atoms with Gasteiger partial charge in [0.05, 0.1) is 16.9 Å². The Hall–Kier alpha value is -1.40. The smallest absolute Gasteiger partial charge is 0.283 e. The molecule has 0 aliphatic carbocycles. The minimum absolute atomic E-state index is 0.0102. The van der Waals surface area contributed by atoms with Crippen LogP contribution in [0.15, 0.2) is 33.7 Å². The number of anilines is 2. The highest BCUT2D eigenvalue weighted by atomic mass is 79.9. The molecule has 0 atom stereocenters. The lowest BCUT2D eigenvalue weighted by atomic mass is 10.3. The molecule has 0 aliphatic rings. The summed E-state index contributed by atoms with van der Waals surface area (Å²) in [5.74, 6) is -0.495. The van der Waals surface area contributed by atoms with Crippen molar-refractivity contribution < 1.29 is 4.39 Å². The zero-order valence-corrected chi connectivity index (χ0v) is 12.3. The average molecular weight is 347 g/mol. The van der Waals surface area contributed by atoms with E-state index in [4.69, 9.17) is 11.6 Å². The molecule has 0 fully saturated rings. The Morgan fingerprint density at radius 1 is 1.53 bits per heavy atom. The average Bonchev–Trinajstić information content (AvgIpc) is 2.40. The first-order chi connectivity index (χ1) is 9.02. The molecule has 0 aliphatic heterocycles. The maximum atomic E-state index is 13.0. The maximum Gasteiger partial charge on any atom is 0.283 e. The Morgan fingerprint density at radius 3 is 2.89 bits per heavy atom. The van der Waals surface area contributed by atoms with Crippen LogP contribution in [0.3, 0.4) is 0 Å². The number of nitrogens with zero attached hydrogens (tertiary/aromatic N) is 2. The van der Waals surface area contributed by atoms with Crippen molar-refractivity contribution in [3.8, 4) is 0 Å². The molecule has 0 saturated carbocycles. The second-order valence-corrected chi connectivity index (χ2v) is 4.95. The summed E-state index contributed by atoms with van der Waals surface area (Å²) >= 11 is 8.91. The summed E-state index contributed by atoms with van der Waals surface area (Å²) in [5.41, 5.74) is 0.834. The van der Waals surface area contributed by atoms with Gasteiger partial charge in [0.15, 0.2) is 0 Å². The minimum atomic E-state index is -0.495. The second kappa shape index (κ2) is 5.71. The molecule has 0 amide bonds. The SMILES string of the molecule is CCn1ncc(Nc2ccc(F)c(Cl)c2)c(Br)c1=O. The number of benzene rings is 1. The molecule has 2 rings (SSSR count). The standard InChI is InChI=1S/C12H10BrClFN3O/c1-2-18-12(19)11(13)10(6-16-18)17-7-3-4-9(15)8(14)5-7/h3-6,17H,2H2,1H3. The summed E-state index contributed by atoms with van der Waals surface area (Å²) in [6, 6.07) is 4.22. The normalized spacial score (nSPS) is 10.5. The van der Waals surface area contributed by atoms with E-state index in [0.29, 0.717) is 22.4 Å². The van der Waals surface area contributed by atoms with Gasteiger partial charge in [0.1, 0.15) is 10.3 Å². The highest BCUT2D eigenvalue weighted by Crippen LogP contribution is 2.25. The third-order valence-electron chi connectivity index (χ3n) is 2.48. The van der Waals surface area contributed by atoms with E-state index in [0.717, 1.165) is 0 Å². The Bertz CT molecular complexity index is 675. The number of aryl methyl sites for hydroxylation is 1. The van der Waals surface area contributed by atoms with Gasteiger partial charge in [-0.2, -0.15) is 5.10 Å².